The number of carbonyl (C=O) groups excluding carboxylic acids is 2. The molecule has 0 saturated carbocycles. The second-order valence-electron chi connectivity index (χ2n) is 9.37. The lowest BCUT2D eigenvalue weighted by Crippen LogP contribution is -3.00. The Kier molecular flexibility index (Phi) is 11.0. The number of aromatic nitrogens is 3. The minimum Gasteiger partial charge on any atom is -1.00 e. The number of aryl methyl sites for hydroxylation is 1. The number of pyridine rings is 1. The minimum atomic E-state index is -3.93. The summed E-state index contributed by atoms with van der Waals surface area (Å²) >= 11 is 1.06. The van der Waals surface area contributed by atoms with E-state index in [1.807, 2.05) is 36.7 Å². The third-order valence-electron chi connectivity index (χ3n) is 6.29. The summed E-state index contributed by atoms with van der Waals surface area (Å²) in [4.78, 5) is 34.8. The number of rotatable bonds is 11. The molecule has 2 N–H and O–H groups in total. The SMILES string of the molecule is O=C(CCCC[n+]1ccccc1)Sc1ccccc1C(=O)Nc1ccc(S(=O)(=O)Nc2cnc3ccccc3n2)cc1.[Br-]. The highest BCUT2D eigenvalue weighted by Crippen LogP contribution is 2.26. The lowest BCUT2D eigenvalue weighted by atomic mass is 10.2. The summed E-state index contributed by atoms with van der Waals surface area (Å²) in [6, 6.07) is 25.8. The van der Waals surface area contributed by atoms with Crippen molar-refractivity contribution in [3.63, 3.8) is 0 Å². The highest BCUT2D eigenvalue weighted by atomic mass is 79.9. The summed E-state index contributed by atoms with van der Waals surface area (Å²) in [7, 11) is -3.93. The molecule has 0 unspecified atom stereocenters. The van der Waals surface area contributed by atoms with Crippen molar-refractivity contribution in [2.24, 2.45) is 0 Å². The quantitative estimate of drug-likeness (QED) is 0.125. The van der Waals surface area contributed by atoms with Crippen LogP contribution in [0.3, 0.4) is 0 Å². The van der Waals surface area contributed by atoms with Crippen LogP contribution in [0, 0.1) is 0 Å². The molecule has 2 heterocycles. The molecule has 0 fully saturated rings. The number of para-hydroxylation sites is 2. The molecule has 0 aliphatic rings. The Labute approximate surface area is 264 Å². The molecule has 12 heteroatoms. The molecular formula is C31H28BrN5O4S2. The summed E-state index contributed by atoms with van der Waals surface area (Å²) < 4.78 is 30.3. The van der Waals surface area contributed by atoms with Crippen LogP contribution < -0.4 is 31.6 Å². The van der Waals surface area contributed by atoms with E-state index in [2.05, 4.69) is 24.6 Å². The number of fused-ring (bicyclic) bond motifs is 1. The van der Waals surface area contributed by atoms with E-state index in [1.165, 1.54) is 30.5 Å². The van der Waals surface area contributed by atoms with Crippen molar-refractivity contribution in [3.05, 3.63) is 115 Å². The van der Waals surface area contributed by atoms with Gasteiger partial charge in [0.05, 0.1) is 27.7 Å². The monoisotopic (exact) mass is 677 g/mol. The first-order valence-electron chi connectivity index (χ1n) is 13.3. The summed E-state index contributed by atoms with van der Waals surface area (Å²) in [6.07, 6.45) is 7.38. The summed E-state index contributed by atoms with van der Waals surface area (Å²) in [5, 5.41) is 2.78. The van der Waals surface area contributed by atoms with Crippen LogP contribution in [0.1, 0.15) is 29.6 Å². The van der Waals surface area contributed by atoms with Gasteiger partial charge in [-0.1, -0.05) is 42.1 Å². The molecule has 220 valence electrons. The van der Waals surface area contributed by atoms with Gasteiger partial charge in [0.2, 0.25) is 0 Å². The first kappa shape index (κ1) is 31.8. The predicted molar refractivity (Wildman–Crippen MR) is 163 cm³/mol. The smallest absolute Gasteiger partial charge is 0.263 e. The molecule has 5 aromatic rings. The Morgan fingerprint density at radius 3 is 2.28 bits per heavy atom. The maximum atomic E-state index is 13.1. The van der Waals surface area contributed by atoms with Crippen molar-refractivity contribution in [3.8, 4) is 0 Å². The highest BCUT2D eigenvalue weighted by Gasteiger charge is 2.18. The van der Waals surface area contributed by atoms with Crippen molar-refractivity contribution in [1.82, 2.24) is 9.97 Å². The van der Waals surface area contributed by atoms with Gasteiger partial charge in [-0.15, -0.1) is 0 Å². The van der Waals surface area contributed by atoms with Crippen LogP contribution in [0.25, 0.3) is 11.0 Å². The van der Waals surface area contributed by atoms with Gasteiger partial charge in [-0.3, -0.25) is 19.3 Å². The number of benzene rings is 3. The average molecular weight is 679 g/mol. The van der Waals surface area contributed by atoms with Crippen LogP contribution >= 0.6 is 11.8 Å². The third-order valence-corrected chi connectivity index (χ3v) is 8.67. The highest BCUT2D eigenvalue weighted by molar-refractivity contribution is 8.13. The van der Waals surface area contributed by atoms with E-state index in [0.29, 0.717) is 33.6 Å². The fourth-order valence-corrected chi connectivity index (χ4v) is 6.08. The van der Waals surface area contributed by atoms with Crippen LogP contribution in [-0.4, -0.2) is 29.4 Å². The molecule has 43 heavy (non-hydrogen) atoms. The van der Waals surface area contributed by atoms with E-state index in [4.69, 9.17) is 0 Å². The summed E-state index contributed by atoms with van der Waals surface area (Å²) in [5.41, 5.74) is 2.00. The van der Waals surface area contributed by atoms with E-state index < -0.39 is 15.9 Å². The van der Waals surface area contributed by atoms with Gasteiger partial charge < -0.3 is 22.3 Å². The first-order valence-corrected chi connectivity index (χ1v) is 15.6. The average Bonchev–Trinajstić information content (AvgIpc) is 3.00. The van der Waals surface area contributed by atoms with Crippen molar-refractivity contribution >= 4 is 55.3 Å². The Balaban J connectivity index is 0.00000423. The fourth-order valence-electron chi connectivity index (χ4n) is 4.18. The number of nitrogens with one attached hydrogen (secondary N) is 2. The Bertz CT molecular complexity index is 1820. The number of thioether (sulfide) groups is 1. The minimum absolute atomic E-state index is 0. The lowest BCUT2D eigenvalue weighted by molar-refractivity contribution is -0.697. The van der Waals surface area contributed by atoms with Gasteiger partial charge >= 0.3 is 0 Å². The second-order valence-corrected chi connectivity index (χ2v) is 12.2. The third kappa shape index (κ3) is 8.69. The van der Waals surface area contributed by atoms with E-state index >= 15 is 0 Å². The van der Waals surface area contributed by atoms with Crippen molar-refractivity contribution in [1.29, 1.82) is 0 Å². The Morgan fingerprint density at radius 1 is 0.814 bits per heavy atom. The van der Waals surface area contributed by atoms with Crippen molar-refractivity contribution < 1.29 is 39.6 Å². The predicted octanol–water partition coefficient (Wildman–Crippen LogP) is 2.46. The molecule has 1 amide bonds. The summed E-state index contributed by atoms with van der Waals surface area (Å²) in [5.74, 6) is -0.295. The van der Waals surface area contributed by atoms with Gasteiger partial charge in [0.25, 0.3) is 15.9 Å². The zero-order valence-corrected chi connectivity index (χ0v) is 26.1. The normalized spacial score (nSPS) is 11.0. The largest absolute Gasteiger partial charge is 1.00 e. The van der Waals surface area contributed by atoms with Crippen LogP contribution in [0.15, 0.2) is 119 Å². The molecule has 2 aromatic heterocycles. The zero-order chi connectivity index (χ0) is 29.4. The standard InChI is InChI=1S/C31H27N5O4S2.BrH/c37-30(14-6-9-21-36-19-7-1-8-20-36)41-28-13-5-2-10-25(28)31(38)33-23-15-17-24(18-16-23)42(39,40)35-29-22-32-26-11-3-4-12-27(26)34-29;/h1-5,7-8,10-13,15-20,22H,6,9,14,21H2,(H-,33,34,35,38);1H. The van der Waals surface area contributed by atoms with E-state index in [0.717, 1.165) is 31.1 Å². The number of amides is 1. The van der Waals surface area contributed by atoms with Crippen LogP contribution in [-0.2, 0) is 21.4 Å². The molecule has 5 rings (SSSR count). The van der Waals surface area contributed by atoms with E-state index in [1.54, 1.807) is 42.5 Å². The lowest BCUT2D eigenvalue weighted by Gasteiger charge is -2.11. The molecule has 0 saturated heterocycles. The number of carbonyl (C=O) groups is 2. The van der Waals surface area contributed by atoms with Crippen LogP contribution in [0.2, 0.25) is 0 Å². The number of hydrogen-bond acceptors (Lipinski definition) is 7. The van der Waals surface area contributed by atoms with Gasteiger partial charge in [-0.25, -0.2) is 18.0 Å². The second kappa shape index (κ2) is 14.9. The zero-order valence-electron chi connectivity index (χ0n) is 22.9. The van der Waals surface area contributed by atoms with Crippen molar-refractivity contribution in [2.45, 2.75) is 35.6 Å². The molecule has 0 bridgehead atoms. The van der Waals surface area contributed by atoms with Gasteiger partial charge in [-0.05, 0) is 55.0 Å². The molecule has 0 aliphatic heterocycles. The topological polar surface area (TPSA) is 122 Å². The fraction of sp³-hybridized carbons (Fsp3) is 0.129. The molecule has 0 spiro atoms. The number of halogens is 1. The summed E-state index contributed by atoms with van der Waals surface area (Å²) in [6.45, 7) is 0.839. The maximum Gasteiger partial charge on any atom is 0.263 e. The van der Waals surface area contributed by atoms with Crippen LogP contribution in [0.4, 0.5) is 11.5 Å². The van der Waals surface area contributed by atoms with E-state index in [-0.39, 0.29) is 32.8 Å². The van der Waals surface area contributed by atoms with Gasteiger partial charge in [0.1, 0.15) is 6.54 Å². The van der Waals surface area contributed by atoms with Gasteiger partial charge in [0, 0.05) is 35.6 Å². The molecule has 0 radical (unpaired) electrons. The van der Waals surface area contributed by atoms with Gasteiger partial charge in [-0.2, -0.15) is 0 Å². The van der Waals surface area contributed by atoms with E-state index in [9.17, 15) is 18.0 Å². The number of anilines is 2. The number of nitrogens with zero attached hydrogens (tertiary/aromatic N) is 3. The molecule has 0 atom stereocenters. The van der Waals surface area contributed by atoms with Crippen molar-refractivity contribution in [2.75, 3.05) is 10.0 Å². The number of unbranched alkanes of at least 4 members (excludes halogenated alkanes) is 1. The Hall–Kier alpha value is -4.13. The first-order chi connectivity index (χ1) is 20.4. The van der Waals surface area contributed by atoms with Gasteiger partial charge in [0.15, 0.2) is 23.3 Å². The number of sulfonamides is 1. The molecule has 0 aliphatic carbocycles. The maximum absolute atomic E-state index is 13.1. The van der Waals surface area contributed by atoms with Crippen LogP contribution in [0.5, 0.6) is 0 Å². The molecule has 3 aromatic carbocycles. The number of hydrogen-bond donors (Lipinski definition) is 2. The molecule has 9 nitrogen and oxygen atoms in total. The Morgan fingerprint density at radius 2 is 1.51 bits per heavy atom. The molecular weight excluding hydrogens is 650 g/mol.